The van der Waals surface area contributed by atoms with Crippen LogP contribution in [0.4, 0.5) is 0 Å². The smallest absolute Gasteiger partial charge is 0.325 e. The molecule has 0 atom stereocenters. The number of ether oxygens (including phenoxy) is 1. The SMILES string of the molecule is C=CCN(CC(=O)OCC)C(=O)c1c(CC)noc1C. The maximum atomic E-state index is 12.5. The first kappa shape index (κ1) is 15.9. The number of esters is 1. The van der Waals surface area contributed by atoms with Crippen molar-refractivity contribution >= 4 is 11.9 Å². The Kier molecular flexibility index (Phi) is 5.96. The van der Waals surface area contributed by atoms with E-state index in [4.69, 9.17) is 9.26 Å². The van der Waals surface area contributed by atoms with Crippen molar-refractivity contribution in [3.63, 3.8) is 0 Å². The van der Waals surface area contributed by atoms with Crippen LogP contribution in [0.25, 0.3) is 0 Å². The second-order valence-corrected chi connectivity index (χ2v) is 4.19. The predicted octanol–water partition coefficient (Wildman–Crippen LogP) is 1.74. The summed E-state index contributed by atoms with van der Waals surface area (Å²) in [5, 5.41) is 3.85. The molecule has 0 fully saturated rings. The first-order valence-corrected chi connectivity index (χ1v) is 6.56. The Hall–Kier alpha value is -2.11. The fourth-order valence-electron chi connectivity index (χ4n) is 1.83. The number of rotatable bonds is 7. The molecule has 0 aliphatic carbocycles. The van der Waals surface area contributed by atoms with Gasteiger partial charge in [-0.05, 0) is 20.3 Å². The van der Waals surface area contributed by atoms with E-state index in [1.54, 1.807) is 19.9 Å². The third-order valence-corrected chi connectivity index (χ3v) is 2.74. The van der Waals surface area contributed by atoms with Crippen molar-refractivity contribution in [3.8, 4) is 0 Å². The average molecular weight is 280 g/mol. The zero-order chi connectivity index (χ0) is 15.1. The Morgan fingerprint density at radius 3 is 2.70 bits per heavy atom. The van der Waals surface area contributed by atoms with Crippen molar-refractivity contribution in [3.05, 3.63) is 29.7 Å². The highest BCUT2D eigenvalue weighted by Gasteiger charge is 2.25. The summed E-state index contributed by atoms with van der Waals surface area (Å²) in [5.41, 5.74) is 1.00. The summed E-state index contributed by atoms with van der Waals surface area (Å²) in [6, 6.07) is 0. The minimum absolute atomic E-state index is 0.119. The fraction of sp³-hybridized carbons (Fsp3) is 0.500. The third kappa shape index (κ3) is 3.69. The molecule has 0 aliphatic rings. The molecule has 110 valence electrons. The predicted molar refractivity (Wildman–Crippen MR) is 73.4 cm³/mol. The number of nitrogens with zero attached hydrogens (tertiary/aromatic N) is 2. The van der Waals surface area contributed by atoms with Crippen LogP contribution < -0.4 is 0 Å². The van der Waals surface area contributed by atoms with Gasteiger partial charge in [0.1, 0.15) is 17.9 Å². The van der Waals surface area contributed by atoms with Gasteiger partial charge in [-0.15, -0.1) is 6.58 Å². The molecule has 0 unspecified atom stereocenters. The second kappa shape index (κ2) is 7.47. The van der Waals surface area contributed by atoms with Gasteiger partial charge in [-0.25, -0.2) is 0 Å². The van der Waals surface area contributed by atoms with Crippen molar-refractivity contribution in [1.82, 2.24) is 10.1 Å². The van der Waals surface area contributed by atoms with E-state index in [9.17, 15) is 9.59 Å². The van der Waals surface area contributed by atoms with Crippen LogP contribution >= 0.6 is 0 Å². The largest absolute Gasteiger partial charge is 0.465 e. The van der Waals surface area contributed by atoms with Gasteiger partial charge in [0.2, 0.25) is 0 Å². The maximum Gasteiger partial charge on any atom is 0.325 e. The van der Waals surface area contributed by atoms with Gasteiger partial charge in [0, 0.05) is 6.54 Å². The minimum atomic E-state index is -0.449. The highest BCUT2D eigenvalue weighted by Crippen LogP contribution is 2.16. The zero-order valence-electron chi connectivity index (χ0n) is 12.1. The maximum absolute atomic E-state index is 12.5. The van der Waals surface area contributed by atoms with Gasteiger partial charge in [-0.2, -0.15) is 0 Å². The third-order valence-electron chi connectivity index (χ3n) is 2.74. The topological polar surface area (TPSA) is 72.6 Å². The van der Waals surface area contributed by atoms with Crippen LogP contribution in [0.2, 0.25) is 0 Å². The Bertz CT molecular complexity index is 493. The highest BCUT2D eigenvalue weighted by atomic mass is 16.5. The molecule has 0 N–H and O–H groups in total. The molecule has 1 aromatic heterocycles. The molecular formula is C14H20N2O4. The van der Waals surface area contributed by atoms with Crippen molar-refractivity contribution in [2.45, 2.75) is 27.2 Å². The van der Waals surface area contributed by atoms with Crippen LogP contribution in [0.15, 0.2) is 17.2 Å². The quantitative estimate of drug-likeness (QED) is 0.562. The molecule has 1 amide bonds. The number of hydrogen-bond acceptors (Lipinski definition) is 5. The molecule has 1 rings (SSSR count). The molecule has 1 aromatic rings. The van der Waals surface area contributed by atoms with E-state index in [0.29, 0.717) is 23.4 Å². The summed E-state index contributed by atoms with van der Waals surface area (Å²) in [7, 11) is 0. The van der Waals surface area contributed by atoms with E-state index in [0.717, 1.165) is 0 Å². The van der Waals surface area contributed by atoms with Gasteiger partial charge in [0.25, 0.3) is 5.91 Å². The Labute approximate surface area is 118 Å². The summed E-state index contributed by atoms with van der Waals surface area (Å²) in [5.74, 6) is -0.298. The van der Waals surface area contributed by atoms with Crippen LogP contribution in [0.3, 0.4) is 0 Å². The molecular weight excluding hydrogens is 260 g/mol. The monoisotopic (exact) mass is 280 g/mol. The van der Waals surface area contributed by atoms with Crippen LogP contribution in [0.5, 0.6) is 0 Å². The van der Waals surface area contributed by atoms with E-state index in [1.165, 1.54) is 4.90 Å². The van der Waals surface area contributed by atoms with Crippen molar-refractivity contribution in [1.29, 1.82) is 0 Å². The average Bonchev–Trinajstić information content (AvgIpc) is 2.78. The molecule has 20 heavy (non-hydrogen) atoms. The molecule has 0 spiro atoms. The molecule has 6 heteroatoms. The molecule has 1 heterocycles. The van der Waals surface area contributed by atoms with Crippen molar-refractivity contribution < 1.29 is 18.8 Å². The van der Waals surface area contributed by atoms with E-state index >= 15 is 0 Å². The minimum Gasteiger partial charge on any atom is -0.465 e. The standard InChI is InChI=1S/C14H20N2O4/c1-5-8-16(9-12(17)19-7-3)14(18)13-10(4)20-15-11(13)6-2/h5H,1,6-9H2,2-4H3. The van der Waals surface area contributed by atoms with Gasteiger partial charge in [0.15, 0.2) is 0 Å². The number of aryl methyl sites for hydroxylation is 2. The van der Waals surface area contributed by atoms with Crippen LogP contribution in [0.1, 0.15) is 35.7 Å². The Morgan fingerprint density at radius 2 is 2.15 bits per heavy atom. The number of carbonyl (C=O) groups is 2. The summed E-state index contributed by atoms with van der Waals surface area (Å²) < 4.78 is 9.92. The second-order valence-electron chi connectivity index (χ2n) is 4.19. The van der Waals surface area contributed by atoms with Gasteiger partial charge in [0.05, 0.1) is 12.3 Å². The lowest BCUT2D eigenvalue weighted by atomic mass is 10.1. The lowest BCUT2D eigenvalue weighted by Crippen LogP contribution is -2.37. The molecule has 0 saturated heterocycles. The van der Waals surface area contributed by atoms with E-state index < -0.39 is 5.97 Å². The number of amides is 1. The van der Waals surface area contributed by atoms with Crippen molar-refractivity contribution in [2.24, 2.45) is 0 Å². The van der Waals surface area contributed by atoms with E-state index in [-0.39, 0.29) is 25.6 Å². The van der Waals surface area contributed by atoms with Gasteiger partial charge in [-0.1, -0.05) is 18.2 Å². The summed E-state index contributed by atoms with van der Waals surface area (Å²) in [6.45, 7) is 9.30. The lowest BCUT2D eigenvalue weighted by molar-refractivity contribution is -0.143. The molecule has 0 saturated carbocycles. The first-order chi connectivity index (χ1) is 9.54. The first-order valence-electron chi connectivity index (χ1n) is 6.56. The molecule has 0 radical (unpaired) electrons. The number of hydrogen-bond donors (Lipinski definition) is 0. The zero-order valence-corrected chi connectivity index (χ0v) is 12.1. The number of aromatic nitrogens is 1. The highest BCUT2D eigenvalue weighted by molar-refractivity contribution is 5.97. The molecule has 0 bridgehead atoms. The lowest BCUT2D eigenvalue weighted by Gasteiger charge is -2.19. The van der Waals surface area contributed by atoms with E-state index in [1.807, 2.05) is 6.92 Å². The van der Waals surface area contributed by atoms with Gasteiger partial charge >= 0.3 is 5.97 Å². The Balaban J connectivity index is 2.95. The summed E-state index contributed by atoms with van der Waals surface area (Å²) in [6.07, 6.45) is 2.14. The van der Waals surface area contributed by atoms with Gasteiger partial charge < -0.3 is 14.2 Å². The summed E-state index contributed by atoms with van der Waals surface area (Å²) >= 11 is 0. The van der Waals surface area contributed by atoms with Crippen molar-refractivity contribution in [2.75, 3.05) is 19.7 Å². The van der Waals surface area contributed by atoms with Crippen LogP contribution in [-0.2, 0) is 16.0 Å². The molecule has 0 aromatic carbocycles. The normalized spacial score (nSPS) is 10.2. The van der Waals surface area contributed by atoms with Gasteiger partial charge in [-0.3, -0.25) is 9.59 Å². The van der Waals surface area contributed by atoms with E-state index in [2.05, 4.69) is 11.7 Å². The molecule has 0 aliphatic heterocycles. The van der Waals surface area contributed by atoms with Crippen LogP contribution in [-0.4, -0.2) is 41.6 Å². The summed E-state index contributed by atoms with van der Waals surface area (Å²) in [4.78, 5) is 25.4. The van der Waals surface area contributed by atoms with Crippen LogP contribution in [0, 0.1) is 6.92 Å². The fourth-order valence-corrected chi connectivity index (χ4v) is 1.83. The number of carbonyl (C=O) groups excluding carboxylic acids is 2. The molecule has 6 nitrogen and oxygen atoms in total. The Morgan fingerprint density at radius 1 is 1.45 bits per heavy atom.